The summed E-state index contributed by atoms with van der Waals surface area (Å²) >= 11 is 0. The van der Waals surface area contributed by atoms with Gasteiger partial charge in [0.15, 0.2) is 0 Å². The van der Waals surface area contributed by atoms with Crippen molar-refractivity contribution in [2.45, 2.75) is 26.9 Å². The minimum Gasteiger partial charge on any atom is -1.00 e. The van der Waals surface area contributed by atoms with Crippen molar-refractivity contribution in [3.05, 3.63) is 89.5 Å². The van der Waals surface area contributed by atoms with Gasteiger partial charge in [-0.1, -0.05) is 29.8 Å². The second kappa shape index (κ2) is 14.4. The molecule has 0 spiro atoms. The van der Waals surface area contributed by atoms with Crippen LogP contribution in [-0.2, 0) is 29.9 Å². The molecule has 0 saturated heterocycles. The standard InChI is InChI=1S/C22H26N4.2ClH.Co/c1-18-9-10-22(19(2)15-18)25-13-14-26(16-20-7-3-5-11-23-20)17-21-8-4-6-12-24-21;;;/h3-12,15,25H,13-14,16-17H2,1-2H3;2*1H;/q;;;+2/p-2. The minimum absolute atomic E-state index is 0. The fraction of sp³-hybridized carbons (Fsp3) is 0.273. The third kappa shape index (κ3) is 9.15. The van der Waals surface area contributed by atoms with Crippen LogP contribution in [0.2, 0.25) is 0 Å². The van der Waals surface area contributed by atoms with Gasteiger partial charge in [0.2, 0.25) is 0 Å². The van der Waals surface area contributed by atoms with Gasteiger partial charge in [0.1, 0.15) is 0 Å². The predicted octanol–water partition coefficient (Wildman–Crippen LogP) is -1.79. The second-order valence-electron chi connectivity index (χ2n) is 6.60. The van der Waals surface area contributed by atoms with Crippen LogP contribution in [0, 0.1) is 13.8 Å². The SMILES string of the molecule is Cc1ccc(NCCN(Cc2ccccn2)Cc2ccccn2)c(C)c1.[Cl-].[Cl-].[Co+2]. The molecule has 0 fully saturated rings. The van der Waals surface area contributed by atoms with E-state index < -0.39 is 0 Å². The number of rotatable bonds is 8. The maximum Gasteiger partial charge on any atom is 2.00 e. The van der Waals surface area contributed by atoms with Crippen LogP contribution < -0.4 is 30.1 Å². The van der Waals surface area contributed by atoms with E-state index in [0.717, 1.165) is 37.6 Å². The van der Waals surface area contributed by atoms with E-state index in [2.05, 4.69) is 64.4 Å². The van der Waals surface area contributed by atoms with E-state index in [1.165, 1.54) is 16.8 Å². The van der Waals surface area contributed by atoms with E-state index >= 15 is 0 Å². The molecule has 1 radical (unpaired) electrons. The Balaban J connectivity index is 0.00000261. The Morgan fingerprint density at radius 1 is 0.828 bits per heavy atom. The third-order valence-corrected chi connectivity index (χ3v) is 4.35. The summed E-state index contributed by atoms with van der Waals surface area (Å²) in [5, 5.41) is 3.56. The number of anilines is 1. The molecule has 29 heavy (non-hydrogen) atoms. The molecule has 0 aliphatic rings. The summed E-state index contributed by atoms with van der Waals surface area (Å²) in [4.78, 5) is 11.3. The Morgan fingerprint density at radius 3 is 1.90 bits per heavy atom. The maximum atomic E-state index is 4.47. The number of halogens is 2. The number of hydrogen-bond acceptors (Lipinski definition) is 4. The Bertz CT molecular complexity index is 778. The minimum atomic E-state index is 0. The van der Waals surface area contributed by atoms with Crippen molar-refractivity contribution in [3.63, 3.8) is 0 Å². The Labute approximate surface area is 196 Å². The molecule has 4 nitrogen and oxygen atoms in total. The molecule has 0 aliphatic heterocycles. The van der Waals surface area contributed by atoms with E-state index in [1.54, 1.807) is 0 Å². The third-order valence-electron chi connectivity index (χ3n) is 4.35. The zero-order valence-electron chi connectivity index (χ0n) is 16.6. The molecule has 0 aliphatic carbocycles. The van der Waals surface area contributed by atoms with Crippen molar-refractivity contribution in [1.82, 2.24) is 14.9 Å². The van der Waals surface area contributed by atoms with E-state index in [0.29, 0.717) is 0 Å². The molecule has 3 rings (SSSR count). The molecule has 0 amide bonds. The number of aromatic nitrogens is 2. The predicted molar refractivity (Wildman–Crippen MR) is 107 cm³/mol. The number of pyridine rings is 2. The summed E-state index contributed by atoms with van der Waals surface area (Å²) < 4.78 is 0. The zero-order valence-corrected chi connectivity index (χ0v) is 19.2. The average Bonchev–Trinajstić information content (AvgIpc) is 2.65. The van der Waals surface area contributed by atoms with Crippen molar-refractivity contribution >= 4 is 5.69 Å². The van der Waals surface area contributed by atoms with Crippen molar-refractivity contribution in [3.8, 4) is 0 Å². The quantitative estimate of drug-likeness (QED) is 0.418. The summed E-state index contributed by atoms with van der Waals surface area (Å²) in [5.74, 6) is 0. The molecule has 2 heterocycles. The molecule has 0 atom stereocenters. The van der Waals surface area contributed by atoms with Gasteiger partial charge in [-0.2, -0.15) is 0 Å². The van der Waals surface area contributed by atoms with Crippen molar-refractivity contribution in [2.75, 3.05) is 18.4 Å². The molecule has 1 N–H and O–H groups in total. The van der Waals surface area contributed by atoms with Gasteiger partial charge < -0.3 is 30.1 Å². The first-order chi connectivity index (χ1) is 12.7. The Kier molecular flexibility index (Phi) is 13.6. The molecule has 1 aromatic carbocycles. The van der Waals surface area contributed by atoms with E-state index in [9.17, 15) is 0 Å². The van der Waals surface area contributed by atoms with Gasteiger partial charge in [-0.25, -0.2) is 0 Å². The molecule has 3 aromatic rings. The van der Waals surface area contributed by atoms with E-state index in [1.807, 2.05) is 36.7 Å². The number of benzene rings is 1. The Morgan fingerprint density at radius 2 is 1.41 bits per heavy atom. The van der Waals surface area contributed by atoms with Gasteiger partial charge in [0.05, 0.1) is 11.4 Å². The van der Waals surface area contributed by atoms with Crippen LogP contribution >= 0.6 is 0 Å². The largest absolute Gasteiger partial charge is 2.00 e. The molecular formula is C22H26Cl2CoN4. The first-order valence-corrected chi connectivity index (χ1v) is 9.04. The van der Waals surface area contributed by atoms with E-state index in [-0.39, 0.29) is 41.6 Å². The van der Waals surface area contributed by atoms with Crippen LogP contribution in [-0.4, -0.2) is 28.0 Å². The van der Waals surface area contributed by atoms with Crippen molar-refractivity contribution in [1.29, 1.82) is 0 Å². The monoisotopic (exact) mass is 475 g/mol. The van der Waals surface area contributed by atoms with Crippen LogP contribution in [0.25, 0.3) is 0 Å². The molecule has 0 saturated carbocycles. The molecule has 0 unspecified atom stereocenters. The fourth-order valence-electron chi connectivity index (χ4n) is 3.02. The smallest absolute Gasteiger partial charge is 1.00 e. The first kappa shape index (κ1) is 27.4. The van der Waals surface area contributed by atoms with Gasteiger partial charge in [0.25, 0.3) is 0 Å². The number of hydrogen-bond donors (Lipinski definition) is 1. The summed E-state index contributed by atoms with van der Waals surface area (Å²) in [6, 6.07) is 18.6. The van der Waals surface area contributed by atoms with Crippen molar-refractivity contribution in [2.24, 2.45) is 0 Å². The number of nitrogens with one attached hydrogen (secondary N) is 1. The molecule has 157 valence electrons. The maximum absolute atomic E-state index is 4.47. The van der Waals surface area contributed by atoms with E-state index in [4.69, 9.17) is 0 Å². The van der Waals surface area contributed by atoms with Gasteiger partial charge in [-0.05, 0) is 49.7 Å². The van der Waals surface area contributed by atoms with Crippen LogP contribution in [0.1, 0.15) is 22.5 Å². The van der Waals surface area contributed by atoms with Gasteiger partial charge in [-0.15, -0.1) is 0 Å². The van der Waals surface area contributed by atoms with Gasteiger partial charge >= 0.3 is 16.8 Å². The molecular weight excluding hydrogens is 450 g/mol. The molecule has 7 heteroatoms. The molecule has 2 aromatic heterocycles. The summed E-state index contributed by atoms with van der Waals surface area (Å²) in [6.45, 7) is 7.69. The fourth-order valence-corrected chi connectivity index (χ4v) is 3.02. The molecule has 0 bridgehead atoms. The second-order valence-corrected chi connectivity index (χ2v) is 6.60. The summed E-state index contributed by atoms with van der Waals surface area (Å²) in [5.41, 5.74) is 5.93. The summed E-state index contributed by atoms with van der Waals surface area (Å²) in [6.07, 6.45) is 3.70. The van der Waals surface area contributed by atoms with Gasteiger partial charge in [0, 0.05) is 44.3 Å². The topological polar surface area (TPSA) is 41.0 Å². The summed E-state index contributed by atoms with van der Waals surface area (Å²) in [7, 11) is 0. The van der Waals surface area contributed by atoms with Gasteiger partial charge in [-0.3, -0.25) is 14.9 Å². The van der Waals surface area contributed by atoms with Crippen LogP contribution in [0.15, 0.2) is 67.0 Å². The Hall–Kier alpha value is -1.63. The van der Waals surface area contributed by atoms with Crippen LogP contribution in [0.5, 0.6) is 0 Å². The normalized spacial score (nSPS) is 9.76. The van der Waals surface area contributed by atoms with Crippen LogP contribution in [0.4, 0.5) is 5.69 Å². The average molecular weight is 476 g/mol. The first-order valence-electron chi connectivity index (χ1n) is 9.04. The van der Waals surface area contributed by atoms with Crippen molar-refractivity contribution < 1.29 is 41.6 Å². The number of nitrogens with zero attached hydrogens (tertiary/aromatic N) is 3. The zero-order chi connectivity index (χ0) is 18.2. The van der Waals surface area contributed by atoms with Crippen LogP contribution in [0.3, 0.4) is 0 Å². The number of aryl methyl sites for hydroxylation is 2.